The average Bonchev–Trinajstić information content (AvgIpc) is 2.69. The number of rotatable bonds is 6. The van der Waals surface area contributed by atoms with Crippen LogP contribution < -0.4 is 0 Å². The monoisotopic (exact) mass is 277 g/mol. The molecule has 1 aliphatic heterocycles. The van der Waals surface area contributed by atoms with E-state index in [0.29, 0.717) is 6.54 Å². The molecule has 1 aliphatic rings. The second-order valence-electron chi connectivity index (χ2n) is 5.20. The fraction of sp³-hybridized carbons (Fsp3) is 0.917. The van der Waals surface area contributed by atoms with Crippen molar-refractivity contribution in [2.45, 2.75) is 33.6 Å². The minimum Gasteiger partial charge on any atom is -0.481 e. The van der Waals surface area contributed by atoms with Crippen LogP contribution in [0, 0.1) is 17.8 Å². The van der Waals surface area contributed by atoms with Gasteiger partial charge in [-0.25, -0.2) is 12.7 Å². The second-order valence-corrected chi connectivity index (χ2v) is 7.21. The highest BCUT2D eigenvalue weighted by Gasteiger charge is 2.40. The lowest BCUT2D eigenvalue weighted by Gasteiger charge is -2.19. The van der Waals surface area contributed by atoms with Crippen molar-refractivity contribution in [3.05, 3.63) is 0 Å². The van der Waals surface area contributed by atoms with Crippen LogP contribution in [-0.2, 0) is 14.8 Å². The highest BCUT2D eigenvalue weighted by Crippen LogP contribution is 2.27. The van der Waals surface area contributed by atoms with E-state index in [1.165, 1.54) is 4.31 Å². The summed E-state index contributed by atoms with van der Waals surface area (Å²) in [7, 11) is -3.31. The fourth-order valence-electron chi connectivity index (χ4n) is 2.40. The van der Waals surface area contributed by atoms with Crippen LogP contribution in [0.5, 0.6) is 0 Å². The summed E-state index contributed by atoms with van der Waals surface area (Å²) in [5, 5.41) is 9.02. The molecule has 0 aromatic heterocycles. The molecule has 0 aromatic carbocycles. The maximum absolute atomic E-state index is 12.2. The number of hydrogen-bond donors (Lipinski definition) is 1. The summed E-state index contributed by atoms with van der Waals surface area (Å²) in [6, 6.07) is 0. The normalized spacial score (nSPS) is 25.8. The van der Waals surface area contributed by atoms with Crippen LogP contribution in [-0.4, -0.2) is 42.6 Å². The molecule has 0 unspecified atom stereocenters. The fourth-order valence-corrected chi connectivity index (χ4v) is 4.53. The first-order valence-electron chi connectivity index (χ1n) is 6.52. The Morgan fingerprint density at radius 1 is 1.33 bits per heavy atom. The number of hydrogen-bond acceptors (Lipinski definition) is 3. The Labute approximate surface area is 109 Å². The highest BCUT2D eigenvalue weighted by molar-refractivity contribution is 7.89. The molecule has 5 nitrogen and oxygen atoms in total. The number of carboxylic acid groups (broad SMARTS) is 1. The molecule has 6 heteroatoms. The highest BCUT2D eigenvalue weighted by atomic mass is 32.2. The van der Waals surface area contributed by atoms with Crippen LogP contribution in [0.25, 0.3) is 0 Å². The van der Waals surface area contributed by atoms with E-state index in [0.717, 1.165) is 12.8 Å². The lowest BCUT2D eigenvalue weighted by molar-refractivity contribution is -0.142. The first kappa shape index (κ1) is 15.4. The molecule has 0 spiro atoms. The lowest BCUT2D eigenvalue weighted by Crippen LogP contribution is -2.34. The van der Waals surface area contributed by atoms with Crippen molar-refractivity contribution in [2.75, 3.05) is 18.8 Å². The van der Waals surface area contributed by atoms with E-state index >= 15 is 0 Å². The molecule has 18 heavy (non-hydrogen) atoms. The molecular weight excluding hydrogens is 254 g/mol. The van der Waals surface area contributed by atoms with Crippen LogP contribution in [0.1, 0.15) is 33.6 Å². The molecule has 2 atom stereocenters. The van der Waals surface area contributed by atoms with E-state index in [1.807, 2.05) is 13.8 Å². The van der Waals surface area contributed by atoms with Gasteiger partial charge in [0.1, 0.15) is 0 Å². The molecule has 0 saturated carbocycles. The maximum Gasteiger partial charge on any atom is 0.308 e. The Morgan fingerprint density at radius 2 is 1.89 bits per heavy atom. The van der Waals surface area contributed by atoms with Crippen molar-refractivity contribution in [1.29, 1.82) is 0 Å². The molecule has 0 aromatic rings. The van der Waals surface area contributed by atoms with Crippen molar-refractivity contribution < 1.29 is 18.3 Å². The van der Waals surface area contributed by atoms with Crippen molar-refractivity contribution >= 4 is 16.0 Å². The van der Waals surface area contributed by atoms with Crippen molar-refractivity contribution in [3.8, 4) is 0 Å². The third kappa shape index (κ3) is 3.45. The molecule has 106 valence electrons. The number of nitrogens with zero attached hydrogens (tertiary/aromatic N) is 1. The molecule has 1 fully saturated rings. The summed E-state index contributed by atoms with van der Waals surface area (Å²) in [5.74, 6) is -1.28. The Balaban J connectivity index is 2.73. The second kappa shape index (κ2) is 6.02. The quantitative estimate of drug-likeness (QED) is 0.796. The van der Waals surface area contributed by atoms with Gasteiger partial charge in [-0.05, 0) is 11.8 Å². The van der Waals surface area contributed by atoms with Gasteiger partial charge in [-0.1, -0.05) is 33.6 Å². The van der Waals surface area contributed by atoms with Gasteiger partial charge in [0, 0.05) is 13.1 Å². The number of carbonyl (C=O) groups is 1. The first-order chi connectivity index (χ1) is 8.31. The Bertz CT molecular complexity index is 389. The summed E-state index contributed by atoms with van der Waals surface area (Å²) in [4.78, 5) is 11.0. The third-order valence-corrected chi connectivity index (χ3v) is 5.87. The van der Waals surface area contributed by atoms with Crippen LogP contribution >= 0.6 is 0 Å². The van der Waals surface area contributed by atoms with Crippen LogP contribution in [0.4, 0.5) is 0 Å². The standard InChI is InChI=1S/C12H23NO4S/c1-4-10(5-2)8-18(16,17)13-6-9(3)11(7-13)12(14)15/h9-11H,4-8H2,1-3H3,(H,14,15)/t9-,11-/m1/s1. The number of sulfonamides is 1. The van der Waals surface area contributed by atoms with Crippen molar-refractivity contribution in [3.63, 3.8) is 0 Å². The summed E-state index contributed by atoms with van der Waals surface area (Å²) >= 11 is 0. The van der Waals surface area contributed by atoms with E-state index < -0.39 is 21.9 Å². The molecule has 1 heterocycles. The zero-order valence-electron chi connectivity index (χ0n) is 11.3. The van der Waals surface area contributed by atoms with Crippen molar-refractivity contribution in [1.82, 2.24) is 4.31 Å². The predicted molar refractivity (Wildman–Crippen MR) is 69.7 cm³/mol. The summed E-state index contributed by atoms with van der Waals surface area (Å²) < 4.78 is 25.8. The lowest BCUT2D eigenvalue weighted by atomic mass is 9.99. The predicted octanol–water partition coefficient (Wildman–Crippen LogP) is 1.40. The average molecular weight is 277 g/mol. The number of carboxylic acids is 1. The zero-order chi connectivity index (χ0) is 13.9. The summed E-state index contributed by atoms with van der Waals surface area (Å²) in [6.07, 6.45) is 1.67. The Kier molecular flexibility index (Phi) is 5.16. The van der Waals surface area contributed by atoms with Gasteiger partial charge in [-0.15, -0.1) is 0 Å². The first-order valence-corrected chi connectivity index (χ1v) is 8.13. The number of aliphatic carboxylic acids is 1. The molecule has 1 saturated heterocycles. The SMILES string of the molecule is CCC(CC)CS(=O)(=O)N1C[C@@H](C)[C@H](C(=O)O)C1. The molecule has 0 radical (unpaired) electrons. The maximum atomic E-state index is 12.2. The smallest absolute Gasteiger partial charge is 0.308 e. The van der Waals surface area contributed by atoms with E-state index in [4.69, 9.17) is 5.11 Å². The zero-order valence-corrected chi connectivity index (χ0v) is 12.1. The van der Waals surface area contributed by atoms with Crippen LogP contribution in [0.3, 0.4) is 0 Å². The summed E-state index contributed by atoms with van der Waals surface area (Å²) in [5.41, 5.74) is 0. The molecule has 0 bridgehead atoms. The van der Waals surface area contributed by atoms with Gasteiger partial charge < -0.3 is 5.11 Å². The Morgan fingerprint density at radius 3 is 2.28 bits per heavy atom. The molecule has 1 N–H and O–H groups in total. The van der Waals surface area contributed by atoms with Gasteiger partial charge >= 0.3 is 5.97 Å². The molecule has 0 aliphatic carbocycles. The van der Waals surface area contributed by atoms with Crippen LogP contribution in [0.15, 0.2) is 0 Å². The van der Waals surface area contributed by atoms with E-state index in [-0.39, 0.29) is 24.1 Å². The topological polar surface area (TPSA) is 74.7 Å². The van der Waals surface area contributed by atoms with Gasteiger partial charge in [0.25, 0.3) is 0 Å². The van der Waals surface area contributed by atoms with E-state index in [9.17, 15) is 13.2 Å². The summed E-state index contributed by atoms with van der Waals surface area (Å²) in [6.45, 7) is 6.22. The van der Waals surface area contributed by atoms with E-state index in [1.54, 1.807) is 6.92 Å². The third-order valence-electron chi connectivity index (χ3n) is 3.89. The molecular formula is C12H23NO4S. The molecule has 0 amide bonds. The van der Waals surface area contributed by atoms with Gasteiger partial charge in [0.2, 0.25) is 10.0 Å². The van der Waals surface area contributed by atoms with Crippen molar-refractivity contribution in [2.24, 2.45) is 17.8 Å². The van der Waals surface area contributed by atoms with Gasteiger partial charge in [-0.3, -0.25) is 4.79 Å². The molecule has 1 rings (SSSR count). The minimum atomic E-state index is -3.31. The van der Waals surface area contributed by atoms with Crippen LogP contribution in [0.2, 0.25) is 0 Å². The van der Waals surface area contributed by atoms with Gasteiger partial charge in [0.05, 0.1) is 11.7 Å². The minimum absolute atomic E-state index is 0.112. The largest absolute Gasteiger partial charge is 0.481 e. The Hall–Kier alpha value is -0.620. The van der Waals surface area contributed by atoms with Gasteiger partial charge in [-0.2, -0.15) is 0 Å². The van der Waals surface area contributed by atoms with Gasteiger partial charge in [0.15, 0.2) is 0 Å². The van der Waals surface area contributed by atoms with E-state index in [2.05, 4.69) is 0 Å².